The number of phenols is 2. The Morgan fingerprint density at radius 2 is 1.87 bits per heavy atom. The Morgan fingerprint density at radius 1 is 1.00 bits per heavy atom. The lowest BCUT2D eigenvalue weighted by Gasteiger charge is -2.06. The largest absolute Gasteiger partial charge is 0.504 e. The van der Waals surface area contributed by atoms with Gasteiger partial charge in [0.05, 0.1) is 0 Å². The Labute approximate surface area is 86.4 Å². The second-order valence-corrected chi connectivity index (χ2v) is 2.89. The van der Waals surface area contributed by atoms with E-state index in [9.17, 15) is 10.2 Å². The predicted octanol–water partition coefficient (Wildman–Crippen LogP) is 2.29. The van der Waals surface area contributed by atoms with Gasteiger partial charge in [0.25, 0.3) is 0 Å². The van der Waals surface area contributed by atoms with E-state index in [-0.39, 0.29) is 17.2 Å². The number of phenolic OH excluding ortho intramolecular Hbond substituents is 2. The summed E-state index contributed by atoms with van der Waals surface area (Å²) in [6, 6.07) is 9.68. The monoisotopic (exact) mass is 203 g/mol. The van der Waals surface area contributed by atoms with Gasteiger partial charge in [-0.25, -0.2) is 4.98 Å². The van der Waals surface area contributed by atoms with Crippen LogP contribution in [0.4, 0.5) is 0 Å². The fraction of sp³-hybridized carbons (Fsp3) is 0. The highest BCUT2D eigenvalue weighted by Crippen LogP contribution is 2.36. The number of ether oxygens (including phenoxy) is 1. The number of benzene rings is 1. The average molecular weight is 203 g/mol. The summed E-state index contributed by atoms with van der Waals surface area (Å²) in [7, 11) is 0. The van der Waals surface area contributed by atoms with E-state index in [0.717, 1.165) is 0 Å². The first-order valence-electron chi connectivity index (χ1n) is 4.37. The molecule has 0 bridgehead atoms. The van der Waals surface area contributed by atoms with E-state index in [1.54, 1.807) is 36.5 Å². The van der Waals surface area contributed by atoms with Gasteiger partial charge in [-0.2, -0.15) is 0 Å². The van der Waals surface area contributed by atoms with E-state index in [1.807, 2.05) is 0 Å². The molecule has 1 aromatic heterocycles. The molecule has 76 valence electrons. The quantitative estimate of drug-likeness (QED) is 0.735. The standard InChI is InChI=1S/C11H9NO3/c13-8-4-3-5-9(11(8)14)15-10-6-1-2-7-12-10/h1-7,13-14H. The van der Waals surface area contributed by atoms with Crippen molar-refractivity contribution < 1.29 is 14.9 Å². The first-order valence-corrected chi connectivity index (χ1v) is 4.37. The number of rotatable bonds is 2. The van der Waals surface area contributed by atoms with Crippen molar-refractivity contribution in [2.45, 2.75) is 0 Å². The molecule has 2 rings (SSSR count). The van der Waals surface area contributed by atoms with Crippen LogP contribution in [0.1, 0.15) is 0 Å². The van der Waals surface area contributed by atoms with Crippen LogP contribution in [0, 0.1) is 0 Å². The topological polar surface area (TPSA) is 62.6 Å². The minimum atomic E-state index is -0.289. The average Bonchev–Trinajstić information content (AvgIpc) is 2.26. The van der Waals surface area contributed by atoms with Crippen molar-refractivity contribution in [1.82, 2.24) is 4.98 Å². The maximum atomic E-state index is 9.46. The lowest BCUT2D eigenvalue weighted by molar-refractivity contribution is 0.369. The molecule has 0 radical (unpaired) electrons. The fourth-order valence-electron chi connectivity index (χ4n) is 1.11. The van der Waals surface area contributed by atoms with Crippen LogP contribution < -0.4 is 4.74 Å². The summed E-state index contributed by atoms with van der Waals surface area (Å²) in [5.74, 6) is 0.0266. The van der Waals surface area contributed by atoms with Crippen molar-refractivity contribution in [3.63, 3.8) is 0 Å². The molecule has 0 aliphatic carbocycles. The molecule has 0 unspecified atom stereocenters. The van der Waals surface area contributed by atoms with Gasteiger partial charge in [-0.05, 0) is 18.2 Å². The van der Waals surface area contributed by atoms with Crippen molar-refractivity contribution >= 4 is 0 Å². The van der Waals surface area contributed by atoms with E-state index < -0.39 is 0 Å². The minimum Gasteiger partial charge on any atom is -0.504 e. The van der Waals surface area contributed by atoms with E-state index >= 15 is 0 Å². The molecule has 2 N–H and O–H groups in total. The Bertz CT molecular complexity index is 457. The molecule has 0 spiro atoms. The summed E-state index contributed by atoms with van der Waals surface area (Å²) < 4.78 is 5.27. The van der Waals surface area contributed by atoms with Crippen LogP contribution in [0.5, 0.6) is 23.1 Å². The van der Waals surface area contributed by atoms with Crippen molar-refractivity contribution in [2.75, 3.05) is 0 Å². The highest BCUT2D eigenvalue weighted by molar-refractivity contribution is 5.50. The first-order chi connectivity index (χ1) is 7.27. The summed E-state index contributed by atoms with van der Waals surface area (Å²) in [5.41, 5.74) is 0. The van der Waals surface area contributed by atoms with Gasteiger partial charge in [-0.3, -0.25) is 0 Å². The Kier molecular flexibility index (Phi) is 2.41. The molecule has 0 fully saturated rings. The lowest BCUT2D eigenvalue weighted by Crippen LogP contribution is -1.87. The predicted molar refractivity (Wildman–Crippen MR) is 54.1 cm³/mol. The van der Waals surface area contributed by atoms with Crippen molar-refractivity contribution in [2.24, 2.45) is 0 Å². The number of pyridine rings is 1. The maximum absolute atomic E-state index is 9.46. The summed E-state index contributed by atoms with van der Waals surface area (Å²) in [4.78, 5) is 3.93. The molecule has 0 saturated heterocycles. The highest BCUT2D eigenvalue weighted by Gasteiger charge is 2.07. The van der Waals surface area contributed by atoms with Crippen LogP contribution in [0.15, 0.2) is 42.6 Å². The Balaban J connectivity index is 2.29. The third kappa shape index (κ3) is 1.99. The van der Waals surface area contributed by atoms with Crippen molar-refractivity contribution in [1.29, 1.82) is 0 Å². The number of aromatic nitrogens is 1. The molecule has 0 aliphatic rings. The minimum absolute atomic E-state index is 0.175. The lowest BCUT2D eigenvalue weighted by atomic mass is 10.3. The fourth-order valence-corrected chi connectivity index (χ4v) is 1.11. The van der Waals surface area contributed by atoms with Gasteiger partial charge >= 0.3 is 0 Å². The zero-order valence-corrected chi connectivity index (χ0v) is 7.79. The van der Waals surface area contributed by atoms with Crippen LogP contribution in [0.2, 0.25) is 0 Å². The summed E-state index contributed by atoms with van der Waals surface area (Å²) >= 11 is 0. The van der Waals surface area contributed by atoms with Gasteiger partial charge in [0.2, 0.25) is 11.6 Å². The molecule has 2 aromatic rings. The maximum Gasteiger partial charge on any atom is 0.219 e. The first kappa shape index (κ1) is 9.33. The number of nitrogens with zero attached hydrogens (tertiary/aromatic N) is 1. The number of aromatic hydroxyl groups is 2. The Hall–Kier alpha value is -2.23. The molecule has 1 heterocycles. The van der Waals surface area contributed by atoms with Gasteiger partial charge in [0, 0.05) is 12.3 Å². The third-order valence-corrected chi connectivity index (χ3v) is 1.83. The van der Waals surface area contributed by atoms with Crippen LogP contribution in [0.3, 0.4) is 0 Å². The van der Waals surface area contributed by atoms with E-state index in [1.165, 1.54) is 6.07 Å². The van der Waals surface area contributed by atoms with Crippen LogP contribution in [0.25, 0.3) is 0 Å². The second kappa shape index (κ2) is 3.88. The van der Waals surface area contributed by atoms with Gasteiger partial charge in [-0.1, -0.05) is 12.1 Å². The van der Waals surface area contributed by atoms with Gasteiger partial charge < -0.3 is 14.9 Å². The molecule has 0 aliphatic heterocycles. The molecule has 4 nitrogen and oxygen atoms in total. The van der Waals surface area contributed by atoms with Crippen LogP contribution in [-0.2, 0) is 0 Å². The number of hydrogen-bond donors (Lipinski definition) is 2. The molecule has 0 atom stereocenters. The van der Waals surface area contributed by atoms with Crippen molar-refractivity contribution in [3.05, 3.63) is 42.6 Å². The second-order valence-electron chi connectivity index (χ2n) is 2.89. The van der Waals surface area contributed by atoms with E-state index in [0.29, 0.717) is 5.88 Å². The number of hydrogen-bond acceptors (Lipinski definition) is 4. The zero-order chi connectivity index (χ0) is 10.7. The van der Waals surface area contributed by atoms with Crippen LogP contribution in [-0.4, -0.2) is 15.2 Å². The SMILES string of the molecule is Oc1cccc(Oc2ccccn2)c1O. The highest BCUT2D eigenvalue weighted by atomic mass is 16.5. The third-order valence-electron chi connectivity index (χ3n) is 1.83. The van der Waals surface area contributed by atoms with E-state index in [4.69, 9.17) is 4.74 Å². The molecule has 1 aromatic carbocycles. The smallest absolute Gasteiger partial charge is 0.219 e. The summed E-state index contributed by atoms with van der Waals surface area (Å²) in [5, 5.41) is 18.7. The van der Waals surface area contributed by atoms with Crippen molar-refractivity contribution in [3.8, 4) is 23.1 Å². The summed E-state index contributed by atoms with van der Waals surface area (Å²) in [6.07, 6.45) is 1.58. The molecule has 15 heavy (non-hydrogen) atoms. The molecular formula is C11H9NO3. The molecule has 0 saturated carbocycles. The molecule has 0 amide bonds. The molecule has 4 heteroatoms. The Morgan fingerprint density at radius 3 is 2.60 bits per heavy atom. The van der Waals surface area contributed by atoms with Crippen LogP contribution >= 0.6 is 0 Å². The normalized spacial score (nSPS) is 9.87. The summed E-state index contributed by atoms with van der Waals surface area (Å²) in [6.45, 7) is 0. The van der Waals surface area contributed by atoms with Gasteiger partial charge in [0.1, 0.15) is 0 Å². The molecular weight excluding hydrogens is 194 g/mol. The van der Waals surface area contributed by atoms with Gasteiger partial charge in [-0.15, -0.1) is 0 Å². The number of para-hydroxylation sites is 1. The zero-order valence-electron chi connectivity index (χ0n) is 7.79. The van der Waals surface area contributed by atoms with E-state index in [2.05, 4.69) is 4.98 Å². The van der Waals surface area contributed by atoms with Gasteiger partial charge in [0.15, 0.2) is 11.5 Å².